The Morgan fingerprint density at radius 2 is 1.78 bits per heavy atom. The fourth-order valence-electron chi connectivity index (χ4n) is 6.70. The zero-order valence-electron chi connectivity index (χ0n) is 27.7. The summed E-state index contributed by atoms with van der Waals surface area (Å²) in [7, 11) is 3.29. The molecule has 2 heterocycles. The van der Waals surface area contributed by atoms with Gasteiger partial charge in [0.05, 0.1) is 21.7 Å². The Bertz CT molecular complexity index is 1620. The van der Waals surface area contributed by atoms with Crippen molar-refractivity contribution in [3.05, 3.63) is 99.3 Å². The van der Waals surface area contributed by atoms with Crippen LogP contribution in [0.25, 0.3) is 0 Å². The molecule has 0 aliphatic carbocycles. The Kier molecular flexibility index (Phi) is 13.3. The van der Waals surface area contributed by atoms with E-state index >= 15 is 0 Å². The van der Waals surface area contributed by atoms with Gasteiger partial charge in [-0.2, -0.15) is 0 Å². The SMILES string of the molecule is CN1C(=O)OC2(CCN(CCC[C@H](C(=O)N(C)[C@@H](Cc3ccccc3)C(=O)NCCN)c3ccc(Cl)c(Cl)c3)CC2)c2cc(F)ccc21.Cl. The molecule has 3 N–H and O–H groups in total. The number of halogens is 4. The molecule has 0 saturated carbocycles. The van der Waals surface area contributed by atoms with Crippen LogP contribution in [0.4, 0.5) is 14.9 Å². The number of likely N-dealkylation sites (tertiary alicyclic amines) is 1. The zero-order chi connectivity index (χ0) is 34.4. The van der Waals surface area contributed by atoms with Crippen LogP contribution in [0.15, 0.2) is 66.7 Å². The highest BCUT2D eigenvalue weighted by Gasteiger charge is 2.46. The summed E-state index contributed by atoms with van der Waals surface area (Å²) in [5.41, 5.74) is 7.78. The molecule has 3 amide bonds. The van der Waals surface area contributed by atoms with Gasteiger partial charge in [0.2, 0.25) is 11.8 Å². The molecule has 0 aromatic heterocycles. The minimum Gasteiger partial charge on any atom is -0.437 e. The molecule has 13 heteroatoms. The Labute approximate surface area is 303 Å². The molecule has 49 heavy (non-hydrogen) atoms. The molecule has 2 aliphatic heterocycles. The van der Waals surface area contributed by atoms with E-state index in [0.717, 1.165) is 11.1 Å². The highest BCUT2D eigenvalue weighted by atomic mass is 35.5. The van der Waals surface area contributed by atoms with Crippen molar-refractivity contribution < 1.29 is 23.5 Å². The van der Waals surface area contributed by atoms with Crippen molar-refractivity contribution in [2.75, 3.05) is 51.7 Å². The minimum atomic E-state index is -0.878. The van der Waals surface area contributed by atoms with Gasteiger partial charge in [-0.3, -0.25) is 14.5 Å². The number of piperidine rings is 1. The summed E-state index contributed by atoms with van der Waals surface area (Å²) in [4.78, 5) is 45.5. The predicted octanol–water partition coefficient (Wildman–Crippen LogP) is 6.14. The highest BCUT2D eigenvalue weighted by molar-refractivity contribution is 6.42. The van der Waals surface area contributed by atoms with E-state index in [0.29, 0.717) is 79.6 Å². The first-order valence-electron chi connectivity index (χ1n) is 16.3. The maximum Gasteiger partial charge on any atom is 0.414 e. The molecule has 0 bridgehead atoms. The van der Waals surface area contributed by atoms with Crippen LogP contribution < -0.4 is 16.0 Å². The monoisotopic (exact) mass is 733 g/mol. The standard InChI is InChI=1S/C36H42Cl2FN5O4.ClH/c1-42(32(33(45)41-17-16-40)21-24-7-4-3-5-8-24)34(46)27(25-10-12-29(37)30(38)22-25)9-6-18-44-19-14-36(15-20-44)28-23-26(39)11-13-31(28)43(2)35(47)48-36;/h3-5,7-8,10-13,22-23,27,32H,6,9,14-21,40H2,1-2H3,(H,41,45);1H/t27-,32-;/m0./s1. The third kappa shape index (κ3) is 8.85. The molecular formula is C36H43Cl3FN5O4. The van der Waals surface area contributed by atoms with E-state index < -0.39 is 23.7 Å². The fourth-order valence-corrected chi connectivity index (χ4v) is 7.01. The topological polar surface area (TPSA) is 108 Å². The number of carbonyl (C=O) groups excluding carboxylic acids is 3. The third-order valence-corrected chi connectivity index (χ3v) is 10.2. The lowest BCUT2D eigenvalue weighted by Crippen LogP contribution is -2.51. The molecule has 1 spiro atoms. The van der Waals surface area contributed by atoms with Crippen molar-refractivity contribution in [3.63, 3.8) is 0 Å². The van der Waals surface area contributed by atoms with Crippen LogP contribution in [0.5, 0.6) is 0 Å². The smallest absolute Gasteiger partial charge is 0.414 e. The first-order chi connectivity index (χ1) is 23.0. The number of carbonyl (C=O) groups is 3. The molecule has 1 fully saturated rings. The van der Waals surface area contributed by atoms with Gasteiger partial charge >= 0.3 is 6.09 Å². The van der Waals surface area contributed by atoms with Crippen LogP contribution in [-0.2, 0) is 26.3 Å². The van der Waals surface area contributed by atoms with Crippen LogP contribution >= 0.6 is 35.6 Å². The molecule has 264 valence electrons. The Morgan fingerprint density at radius 1 is 1.06 bits per heavy atom. The molecule has 3 aromatic rings. The molecule has 2 atom stereocenters. The van der Waals surface area contributed by atoms with E-state index in [2.05, 4.69) is 10.2 Å². The highest BCUT2D eigenvalue weighted by Crippen LogP contribution is 2.45. The molecule has 0 unspecified atom stereocenters. The van der Waals surface area contributed by atoms with E-state index in [-0.39, 0.29) is 36.6 Å². The summed E-state index contributed by atoms with van der Waals surface area (Å²) < 4.78 is 20.2. The summed E-state index contributed by atoms with van der Waals surface area (Å²) in [6.07, 6.45) is 2.13. The van der Waals surface area contributed by atoms with Gasteiger partial charge in [-0.25, -0.2) is 9.18 Å². The van der Waals surface area contributed by atoms with Gasteiger partial charge in [0.1, 0.15) is 17.5 Å². The second-order valence-corrected chi connectivity index (χ2v) is 13.3. The number of hydrogen-bond donors (Lipinski definition) is 2. The Morgan fingerprint density at radius 3 is 2.45 bits per heavy atom. The number of nitrogens with one attached hydrogen (secondary N) is 1. The molecule has 1 saturated heterocycles. The summed E-state index contributed by atoms with van der Waals surface area (Å²) >= 11 is 12.6. The number of fused-ring (bicyclic) bond motifs is 2. The molecule has 3 aromatic carbocycles. The third-order valence-electron chi connectivity index (χ3n) is 9.48. The second kappa shape index (κ2) is 17.0. The van der Waals surface area contributed by atoms with E-state index in [9.17, 15) is 18.8 Å². The predicted molar refractivity (Wildman–Crippen MR) is 193 cm³/mol. The van der Waals surface area contributed by atoms with Gasteiger partial charge < -0.3 is 25.6 Å². The molecule has 2 aliphatic rings. The lowest BCUT2D eigenvalue weighted by Gasteiger charge is -2.46. The number of anilines is 1. The summed E-state index contributed by atoms with van der Waals surface area (Å²) in [6, 6.07) is 18.5. The van der Waals surface area contributed by atoms with Crippen LogP contribution in [0.2, 0.25) is 10.0 Å². The lowest BCUT2D eigenvalue weighted by atomic mass is 9.82. The number of nitrogens with two attached hydrogens (primary N) is 1. The molecular weight excluding hydrogens is 692 g/mol. The van der Waals surface area contributed by atoms with Crippen molar-refractivity contribution in [2.45, 2.75) is 49.7 Å². The van der Waals surface area contributed by atoms with Gasteiger partial charge in [-0.05, 0) is 60.8 Å². The van der Waals surface area contributed by atoms with Crippen LogP contribution in [0, 0.1) is 5.82 Å². The quantitative estimate of drug-likeness (QED) is 0.232. The number of amides is 3. The first-order valence-corrected chi connectivity index (χ1v) is 17.0. The number of likely N-dealkylation sites (N-methyl/N-ethyl adjacent to an activating group) is 1. The molecule has 5 rings (SSSR count). The van der Waals surface area contributed by atoms with E-state index in [4.69, 9.17) is 33.7 Å². The number of nitrogens with zero attached hydrogens (tertiary/aromatic N) is 3. The Hall–Kier alpha value is -3.41. The summed E-state index contributed by atoms with van der Waals surface area (Å²) in [5, 5.41) is 3.59. The average Bonchev–Trinajstić information content (AvgIpc) is 3.09. The van der Waals surface area contributed by atoms with E-state index in [1.165, 1.54) is 21.9 Å². The molecule has 9 nitrogen and oxygen atoms in total. The average molecular weight is 735 g/mol. The Balaban J connectivity index is 0.00000541. The zero-order valence-corrected chi connectivity index (χ0v) is 30.0. The second-order valence-electron chi connectivity index (χ2n) is 12.5. The minimum absolute atomic E-state index is 0. The number of benzene rings is 3. The lowest BCUT2D eigenvalue weighted by molar-refractivity contribution is -0.140. The summed E-state index contributed by atoms with van der Waals surface area (Å²) in [5.74, 6) is -1.42. The maximum atomic E-state index is 14.3. The first kappa shape index (κ1) is 38.4. The maximum absolute atomic E-state index is 14.3. The van der Waals surface area contributed by atoms with E-state index in [1.54, 1.807) is 38.4 Å². The van der Waals surface area contributed by atoms with Gasteiger partial charge in [0.25, 0.3) is 0 Å². The normalized spacial score (nSPS) is 16.6. The fraction of sp³-hybridized carbons (Fsp3) is 0.417. The van der Waals surface area contributed by atoms with E-state index in [1.807, 2.05) is 30.3 Å². The number of rotatable bonds is 12. The van der Waals surface area contributed by atoms with Crippen molar-refractivity contribution in [1.82, 2.24) is 15.1 Å². The van der Waals surface area contributed by atoms with Gasteiger partial charge in [0.15, 0.2) is 0 Å². The largest absolute Gasteiger partial charge is 0.437 e. The van der Waals surface area contributed by atoms with Crippen LogP contribution in [-0.4, -0.2) is 80.6 Å². The van der Waals surface area contributed by atoms with Gasteiger partial charge in [-0.1, -0.05) is 59.6 Å². The molecule has 0 radical (unpaired) electrons. The summed E-state index contributed by atoms with van der Waals surface area (Å²) in [6.45, 7) is 2.56. The number of ether oxygens (including phenoxy) is 1. The van der Waals surface area contributed by atoms with Crippen molar-refractivity contribution in [3.8, 4) is 0 Å². The van der Waals surface area contributed by atoms with Crippen LogP contribution in [0.1, 0.15) is 48.3 Å². The van der Waals surface area contributed by atoms with Crippen molar-refractivity contribution >= 4 is 59.2 Å². The van der Waals surface area contributed by atoms with Crippen LogP contribution in [0.3, 0.4) is 0 Å². The van der Waals surface area contributed by atoms with Crippen molar-refractivity contribution in [1.29, 1.82) is 0 Å². The van der Waals surface area contributed by atoms with Gasteiger partial charge in [0, 0.05) is 65.1 Å². The van der Waals surface area contributed by atoms with Crippen molar-refractivity contribution in [2.24, 2.45) is 5.73 Å². The number of hydrogen-bond acceptors (Lipinski definition) is 6. The van der Waals surface area contributed by atoms with Gasteiger partial charge in [-0.15, -0.1) is 12.4 Å².